The Labute approximate surface area is 129 Å². The Morgan fingerprint density at radius 2 is 2.19 bits per heavy atom. The van der Waals surface area contributed by atoms with E-state index in [-0.39, 0.29) is 11.9 Å². The average molecular weight is 309 g/mol. The monoisotopic (exact) mass is 309 g/mol. The number of thiazole rings is 1. The minimum Gasteiger partial charge on any atom is -0.382 e. The summed E-state index contributed by atoms with van der Waals surface area (Å²) in [6, 6.07) is 0.718. The second kappa shape index (κ2) is 5.81. The molecule has 1 aromatic heterocycles. The maximum absolute atomic E-state index is 12.8. The summed E-state index contributed by atoms with van der Waals surface area (Å²) in [5.74, 6) is 0.384. The van der Waals surface area contributed by atoms with Crippen molar-refractivity contribution in [1.29, 1.82) is 0 Å². The third-order valence-corrected chi connectivity index (χ3v) is 5.05. The van der Waals surface area contributed by atoms with Crippen molar-refractivity contribution < 1.29 is 4.79 Å². The zero-order valence-corrected chi connectivity index (χ0v) is 13.4. The molecule has 0 bridgehead atoms. The van der Waals surface area contributed by atoms with Gasteiger partial charge in [0.05, 0.1) is 0 Å². The lowest BCUT2D eigenvalue weighted by Crippen LogP contribution is -2.41. The van der Waals surface area contributed by atoms with Gasteiger partial charge in [-0.3, -0.25) is 4.79 Å². The Kier molecular flexibility index (Phi) is 4.03. The van der Waals surface area contributed by atoms with Crippen molar-refractivity contribution in [2.24, 2.45) is 0 Å². The lowest BCUT2D eigenvalue weighted by Gasteiger charge is -2.27. The molecule has 1 aliphatic heterocycles. The van der Waals surface area contributed by atoms with Gasteiger partial charge in [-0.2, -0.15) is 0 Å². The number of nitrogen functional groups attached to an aromatic ring is 1. The van der Waals surface area contributed by atoms with Gasteiger partial charge in [-0.25, -0.2) is 4.98 Å². The molecule has 1 saturated heterocycles. The molecule has 21 heavy (non-hydrogen) atoms. The summed E-state index contributed by atoms with van der Waals surface area (Å²) >= 11 is 1.39. The molecule has 2 aliphatic rings. The van der Waals surface area contributed by atoms with Gasteiger partial charge in [-0.05, 0) is 39.8 Å². The van der Waals surface area contributed by atoms with Crippen LogP contribution in [0.15, 0.2) is 0 Å². The van der Waals surface area contributed by atoms with Gasteiger partial charge in [0.2, 0.25) is 0 Å². The first-order valence-corrected chi connectivity index (χ1v) is 8.38. The van der Waals surface area contributed by atoms with Crippen molar-refractivity contribution in [3.63, 3.8) is 0 Å². The first kappa shape index (κ1) is 14.6. The van der Waals surface area contributed by atoms with Crippen molar-refractivity contribution in [1.82, 2.24) is 14.8 Å². The van der Waals surface area contributed by atoms with E-state index in [9.17, 15) is 4.79 Å². The molecule has 1 aliphatic carbocycles. The first-order chi connectivity index (χ1) is 10.0. The lowest BCUT2D eigenvalue weighted by atomic mass is 10.2. The van der Waals surface area contributed by atoms with Gasteiger partial charge >= 0.3 is 0 Å². The summed E-state index contributed by atoms with van der Waals surface area (Å²) in [5.41, 5.74) is 5.96. The Hall–Kier alpha value is -1.34. The van der Waals surface area contributed by atoms with Crippen LogP contribution in [0.5, 0.6) is 0 Å². The number of nitrogens with one attached hydrogen (secondary N) is 1. The van der Waals surface area contributed by atoms with Crippen molar-refractivity contribution >= 4 is 28.2 Å². The van der Waals surface area contributed by atoms with Gasteiger partial charge in [0.25, 0.3) is 5.91 Å². The van der Waals surface area contributed by atoms with Gasteiger partial charge in [0.1, 0.15) is 10.7 Å². The Morgan fingerprint density at radius 1 is 1.43 bits per heavy atom. The number of carbonyl (C=O) groups is 1. The van der Waals surface area contributed by atoms with Gasteiger partial charge < -0.3 is 20.9 Å². The predicted octanol–water partition coefficient (Wildman–Crippen LogP) is 1.47. The van der Waals surface area contributed by atoms with E-state index in [1.807, 2.05) is 4.90 Å². The maximum atomic E-state index is 12.8. The molecule has 116 valence electrons. The van der Waals surface area contributed by atoms with Crippen LogP contribution in [0.4, 0.5) is 10.9 Å². The van der Waals surface area contributed by atoms with Crippen LogP contribution in [0.3, 0.4) is 0 Å². The molecule has 3 rings (SSSR count). The first-order valence-electron chi connectivity index (χ1n) is 7.57. The molecular weight excluding hydrogens is 286 g/mol. The molecule has 0 radical (unpaired) electrons. The fourth-order valence-electron chi connectivity index (χ4n) is 2.75. The number of carbonyl (C=O) groups excluding carboxylic acids is 1. The minimum atomic E-state index is 0.0247. The van der Waals surface area contributed by atoms with E-state index in [4.69, 9.17) is 5.73 Å². The highest BCUT2D eigenvalue weighted by Gasteiger charge is 2.29. The molecule has 1 aromatic rings. The van der Waals surface area contributed by atoms with Crippen LogP contribution in [0.2, 0.25) is 0 Å². The quantitative estimate of drug-likeness (QED) is 0.884. The number of amides is 1. The van der Waals surface area contributed by atoms with Crippen LogP contribution in [0.1, 0.15) is 35.9 Å². The molecule has 3 N–H and O–H groups in total. The highest BCUT2D eigenvalue weighted by Crippen LogP contribution is 2.31. The van der Waals surface area contributed by atoms with E-state index in [1.165, 1.54) is 24.2 Å². The van der Waals surface area contributed by atoms with E-state index in [0.717, 1.165) is 31.2 Å². The smallest absolute Gasteiger partial charge is 0.268 e. The number of likely N-dealkylation sites (N-methyl/N-ethyl adjacent to an activating group) is 1. The summed E-state index contributed by atoms with van der Waals surface area (Å²) in [6.07, 6.45) is 3.36. The topological polar surface area (TPSA) is 74.5 Å². The molecule has 2 heterocycles. The molecular formula is C14H23N5OS. The number of aromatic nitrogens is 1. The van der Waals surface area contributed by atoms with Gasteiger partial charge in [0.15, 0.2) is 5.13 Å². The minimum absolute atomic E-state index is 0.0247. The Balaban J connectivity index is 1.75. The fraction of sp³-hybridized carbons (Fsp3) is 0.714. The third kappa shape index (κ3) is 3.29. The normalized spacial score (nSPS) is 23.9. The van der Waals surface area contributed by atoms with Gasteiger partial charge in [0, 0.05) is 25.2 Å². The van der Waals surface area contributed by atoms with E-state index in [0.29, 0.717) is 16.7 Å². The third-order valence-electron chi connectivity index (χ3n) is 4.06. The summed E-state index contributed by atoms with van der Waals surface area (Å²) in [7, 11) is 2.10. The van der Waals surface area contributed by atoms with Crippen molar-refractivity contribution in [2.75, 3.05) is 37.7 Å². The highest BCUT2D eigenvalue weighted by atomic mass is 32.1. The van der Waals surface area contributed by atoms with Crippen LogP contribution < -0.4 is 11.1 Å². The molecule has 1 atom stereocenters. The Morgan fingerprint density at radius 3 is 2.90 bits per heavy atom. The molecule has 0 aromatic carbocycles. The summed E-state index contributed by atoms with van der Waals surface area (Å²) < 4.78 is 0. The molecule has 7 heteroatoms. The van der Waals surface area contributed by atoms with Gasteiger partial charge in [-0.15, -0.1) is 0 Å². The van der Waals surface area contributed by atoms with Crippen LogP contribution in [-0.2, 0) is 0 Å². The number of nitrogens with zero attached hydrogens (tertiary/aromatic N) is 3. The molecule has 1 amide bonds. The van der Waals surface area contributed by atoms with Crippen molar-refractivity contribution in [3.8, 4) is 0 Å². The summed E-state index contributed by atoms with van der Waals surface area (Å²) in [5, 5.41) is 4.09. The van der Waals surface area contributed by atoms with Crippen molar-refractivity contribution in [3.05, 3.63) is 4.88 Å². The molecule has 6 nitrogen and oxygen atoms in total. The average Bonchev–Trinajstić information content (AvgIpc) is 3.17. The second-order valence-electron chi connectivity index (χ2n) is 6.12. The number of rotatable bonds is 3. The van der Waals surface area contributed by atoms with E-state index >= 15 is 0 Å². The Bertz CT molecular complexity index is 527. The van der Waals surface area contributed by atoms with Crippen molar-refractivity contribution in [2.45, 2.75) is 38.3 Å². The zero-order valence-electron chi connectivity index (χ0n) is 12.6. The fourth-order valence-corrected chi connectivity index (χ4v) is 3.67. The van der Waals surface area contributed by atoms with Gasteiger partial charge in [-0.1, -0.05) is 11.3 Å². The van der Waals surface area contributed by atoms with Crippen LogP contribution >= 0.6 is 11.3 Å². The number of hydrogen-bond acceptors (Lipinski definition) is 6. The second-order valence-corrected chi connectivity index (χ2v) is 7.11. The predicted molar refractivity (Wildman–Crippen MR) is 85.8 cm³/mol. The lowest BCUT2D eigenvalue weighted by molar-refractivity contribution is 0.0702. The zero-order chi connectivity index (χ0) is 15.0. The molecule has 1 unspecified atom stereocenters. The van der Waals surface area contributed by atoms with Crippen LogP contribution in [0.25, 0.3) is 0 Å². The van der Waals surface area contributed by atoms with E-state index in [2.05, 4.69) is 29.2 Å². The number of anilines is 2. The summed E-state index contributed by atoms with van der Waals surface area (Å²) in [6.45, 7) is 4.81. The number of hydrogen-bond donors (Lipinski definition) is 2. The maximum Gasteiger partial charge on any atom is 0.268 e. The van der Waals surface area contributed by atoms with E-state index < -0.39 is 0 Å². The molecule has 2 fully saturated rings. The summed E-state index contributed by atoms with van der Waals surface area (Å²) in [4.78, 5) is 21.9. The number of nitrogens with two attached hydrogens (primary N) is 1. The highest BCUT2D eigenvalue weighted by molar-refractivity contribution is 7.18. The molecule has 0 spiro atoms. The largest absolute Gasteiger partial charge is 0.382 e. The standard InChI is InChI=1S/C14H23N5OS/c1-9-8-18(2)6-3-7-19(9)13(20)11-12(15)17-14(21-11)16-10-4-5-10/h9-10H,3-8,15H2,1-2H3,(H,16,17). The van der Waals surface area contributed by atoms with Crippen LogP contribution in [-0.4, -0.2) is 59.5 Å². The SMILES string of the molecule is CC1CN(C)CCCN1C(=O)c1sc(NC2CC2)nc1N. The van der Waals surface area contributed by atoms with Crippen LogP contribution in [0, 0.1) is 0 Å². The molecule has 1 saturated carbocycles. The van der Waals surface area contributed by atoms with E-state index in [1.54, 1.807) is 0 Å².